The van der Waals surface area contributed by atoms with Crippen molar-refractivity contribution >= 4 is 5.69 Å². The number of anilines is 1. The summed E-state index contributed by atoms with van der Waals surface area (Å²) < 4.78 is 22.1. The minimum Gasteiger partial charge on any atom is -0.497 e. The second-order valence-corrected chi connectivity index (χ2v) is 8.67. The van der Waals surface area contributed by atoms with Gasteiger partial charge in [-0.15, -0.1) is 0 Å². The van der Waals surface area contributed by atoms with E-state index >= 15 is 0 Å². The number of hydrogen-bond donors (Lipinski definition) is 2. The Morgan fingerprint density at radius 2 is 1.48 bits per heavy atom. The topological polar surface area (TPSA) is 64.2 Å². The number of benzene rings is 3. The molecule has 2 N–H and O–H groups in total. The smallest absolute Gasteiger partial charge is 0.231 e. The van der Waals surface area contributed by atoms with Crippen molar-refractivity contribution in [2.45, 2.75) is 18.6 Å². The summed E-state index contributed by atoms with van der Waals surface area (Å²) in [4.78, 5) is 2.45. The van der Waals surface area contributed by atoms with Crippen molar-refractivity contribution in [3.8, 4) is 23.0 Å². The van der Waals surface area contributed by atoms with Gasteiger partial charge in [0.2, 0.25) is 6.79 Å². The molecule has 0 aliphatic carbocycles. The summed E-state index contributed by atoms with van der Waals surface area (Å²) >= 11 is 0. The molecule has 6 rings (SSSR count). The predicted octanol–water partition coefficient (Wildman–Crippen LogP) is 3.96. The van der Waals surface area contributed by atoms with Crippen LogP contribution in [0.15, 0.2) is 60.7 Å². The molecule has 3 atom stereocenters. The molecule has 1 fully saturated rings. The summed E-state index contributed by atoms with van der Waals surface area (Å²) in [5.74, 6) is 3.69. The Kier molecular flexibility index (Phi) is 5.00. The molecule has 170 valence electrons. The van der Waals surface area contributed by atoms with Crippen LogP contribution in [0.3, 0.4) is 0 Å². The van der Waals surface area contributed by atoms with Gasteiger partial charge in [0, 0.05) is 30.8 Å². The maximum atomic E-state index is 5.71. The predicted molar refractivity (Wildman–Crippen MR) is 125 cm³/mol. The number of fused-ring (bicyclic) bond motifs is 4. The summed E-state index contributed by atoms with van der Waals surface area (Å²) in [6.07, 6.45) is 0. The molecule has 0 spiro atoms. The first-order chi connectivity index (χ1) is 16.2. The molecular formula is C26H27N3O4. The third kappa shape index (κ3) is 3.53. The van der Waals surface area contributed by atoms with E-state index in [-0.39, 0.29) is 18.9 Å². The van der Waals surface area contributed by atoms with Gasteiger partial charge in [0.25, 0.3) is 0 Å². The van der Waals surface area contributed by atoms with E-state index in [1.807, 2.05) is 24.3 Å². The van der Waals surface area contributed by atoms with Crippen LogP contribution in [0.1, 0.15) is 28.8 Å². The first-order valence-electron chi connectivity index (χ1n) is 11.2. The van der Waals surface area contributed by atoms with Gasteiger partial charge in [0.05, 0.1) is 26.3 Å². The van der Waals surface area contributed by atoms with Gasteiger partial charge in [-0.3, -0.25) is 0 Å². The lowest BCUT2D eigenvalue weighted by Crippen LogP contribution is -2.39. The zero-order valence-electron chi connectivity index (χ0n) is 18.7. The Labute approximate surface area is 193 Å². The molecule has 0 amide bonds. The van der Waals surface area contributed by atoms with E-state index in [4.69, 9.17) is 18.9 Å². The summed E-state index contributed by atoms with van der Waals surface area (Å²) in [6.45, 7) is 1.97. The highest BCUT2D eigenvalue weighted by molar-refractivity contribution is 5.66. The molecule has 0 aromatic heterocycles. The van der Waals surface area contributed by atoms with Crippen molar-refractivity contribution in [2.24, 2.45) is 5.92 Å². The van der Waals surface area contributed by atoms with Crippen LogP contribution in [0.2, 0.25) is 0 Å². The number of rotatable bonds is 5. The van der Waals surface area contributed by atoms with Gasteiger partial charge < -0.3 is 23.8 Å². The second-order valence-electron chi connectivity index (χ2n) is 8.67. The third-order valence-electron chi connectivity index (χ3n) is 6.89. The first kappa shape index (κ1) is 20.2. The molecule has 1 saturated heterocycles. The molecule has 3 aromatic rings. The molecule has 33 heavy (non-hydrogen) atoms. The van der Waals surface area contributed by atoms with E-state index in [0.29, 0.717) is 5.92 Å². The summed E-state index contributed by atoms with van der Waals surface area (Å²) in [6, 6.07) is 21.2. The molecule has 3 heterocycles. The standard InChI is InChI=1S/C26H27N3O4/c1-30-18-7-3-16(4-8-18)13-29-14-21-25(17-5-9-19(31-2)10-6-17)27-28-26(21)20-11-23-24(12-22(20)29)33-15-32-23/h3-12,21,25-28H,13-15H2,1-2H3. The molecule has 3 aliphatic heterocycles. The lowest BCUT2D eigenvalue weighted by Gasteiger charge is -2.39. The quantitative estimate of drug-likeness (QED) is 0.616. The van der Waals surface area contributed by atoms with Crippen molar-refractivity contribution in [1.29, 1.82) is 0 Å². The van der Waals surface area contributed by atoms with Gasteiger partial charge in [-0.25, -0.2) is 10.9 Å². The monoisotopic (exact) mass is 445 g/mol. The minimum atomic E-state index is 0.175. The number of nitrogens with zero attached hydrogens (tertiary/aromatic N) is 1. The fraction of sp³-hybridized carbons (Fsp3) is 0.308. The van der Waals surface area contributed by atoms with Gasteiger partial charge in [-0.05, 0) is 47.0 Å². The van der Waals surface area contributed by atoms with Crippen LogP contribution in [0.4, 0.5) is 5.69 Å². The lowest BCUT2D eigenvalue weighted by molar-refractivity contribution is 0.174. The maximum Gasteiger partial charge on any atom is 0.231 e. The normalized spacial score (nSPS) is 22.6. The number of nitrogens with one attached hydrogen (secondary N) is 2. The fourth-order valence-electron chi connectivity index (χ4n) is 5.17. The van der Waals surface area contributed by atoms with E-state index in [1.165, 1.54) is 22.4 Å². The van der Waals surface area contributed by atoms with Gasteiger partial charge in [0.15, 0.2) is 11.5 Å². The molecule has 0 bridgehead atoms. The number of methoxy groups -OCH3 is 2. The van der Waals surface area contributed by atoms with Crippen LogP contribution in [0.5, 0.6) is 23.0 Å². The molecule has 0 radical (unpaired) electrons. The SMILES string of the molecule is COc1ccc(CN2CC3C(c4ccc(OC)cc4)NNC3c3cc4c(cc32)OCO4)cc1. The van der Waals surface area contributed by atoms with Crippen molar-refractivity contribution in [1.82, 2.24) is 10.9 Å². The van der Waals surface area contributed by atoms with Crippen LogP contribution < -0.4 is 34.7 Å². The van der Waals surface area contributed by atoms with Crippen molar-refractivity contribution in [2.75, 3.05) is 32.5 Å². The highest BCUT2D eigenvalue weighted by Gasteiger charge is 2.44. The summed E-state index contributed by atoms with van der Waals surface area (Å²) in [5.41, 5.74) is 12.0. The maximum absolute atomic E-state index is 5.71. The Morgan fingerprint density at radius 1 is 0.848 bits per heavy atom. The number of hydrogen-bond acceptors (Lipinski definition) is 7. The molecule has 3 unspecified atom stereocenters. The molecular weight excluding hydrogens is 418 g/mol. The third-order valence-corrected chi connectivity index (χ3v) is 6.89. The largest absolute Gasteiger partial charge is 0.497 e. The van der Waals surface area contributed by atoms with Crippen LogP contribution in [-0.4, -0.2) is 27.6 Å². The Morgan fingerprint density at radius 3 is 2.18 bits per heavy atom. The molecule has 3 aliphatic rings. The Balaban J connectivity index is 1.36. The average Bonchev–Trinajstić information content (AvgIpc) is 3.50. The second kappa shape index (κ2) is 8.17. The summed E-state index contributed by atoms with van der Waals surface area (Å²) in [7, 11) is 3.39. The molecule has 7 heteroatoms. The van der Waals surface area contributed by atoms with E-state index in [1.54, 1.807) is 14.2 Å². The van der Waals surface area contributed by atoms with Gasteiger partial charge in [0.1, 0.15) is 11.5 Å². The fourth-order valence-corrected chi connectivity index (χ4v) is 5.17. The van der Waals surface area contributed by atoms with Crippen LogP contribution in [-0.2, 0) is 6.54 Å². The molecule has 7 nitrogen and oxygen atoms in total. The number of ether oxygens (including phenoxy) is 4. The van der Waals surface area contributed by atoms with E-state index in [2.05, 4.69) is 52.1 Å². The first-order valence-corrected chi connectivity index (χ1v) is 11.2. The van der Waals surface area contributed by atoms with Gasteiger partial charge >= 0.3 is 0 Å². The van der Waals surface area contributed by atoms with E-state index in [9.17, 15) is 0 Å². The lowest BCUT2D eigenvalue weighted by atomic mass is 9.81. The van der Waals surface area contributed by atoms with Crippen molar-refractivity contribution < 1.29 is 18.9 Å². The Bertz CT molecular complexity index is 1150. The van der Waals surface area contributed by atoms with Gasteiger partial charge in [-0.1, -0.05) is 24.3 Å². The van der Waals surface area contributed by atoms with E-state index < -0.39 is 0 Å². The highest BCUT2D eigenvalue weighted by Crippen LogP contribution is 2.49. The summed E-state index contributed by atoms with van der Waals surface area (Å²) in [5, 5.41) is 0. The zero-order valence-corrected chi connectivity index (χ0v) is 18.7. The Hall–Kier alpha value is -3.42. The van der Waals surface area contributed by atoms with Crippen LogP contribution in [0.25, 0.3) is 0 Å². The van der Waals surface area contributed by atoms with Crippen molar-refractivity contribution in [3.05, 3.63) is 77.4 Å². The van der Waals surface area contributed by atoms with Crippen LogP contribution >= 0.6 is 0 Å². The van der Waals surface area contributed by atoms with Gasteiger partial charge in [-0.2, -0.15) is 0 Å². The van der Waals surface area contributed by atoms with Crippen LogP contribution in [0, 0.1) is 5.92 Å². The molecule has 0 saturated carbocycles. The number of hydrazine groups is 1. The molecule has 3 aromatic carbocycles. The minimum absolute atomic E-state index is 0.175. The highest BCUT2D eigenvalue weighted by atomic mass is 16.7. The van der Waals surface area contributed by atoms with E-state index in [0.717, 1.165) is 36.1 Å². The zero-order chi connectivity index (χ0) is 22.4. The van der Waals surface area contributed by atoms with Crippen molar-refractivity contribution in [3.63, 3.8) is 0 Å². The average molecular weight is 446 g/mol.